The number of esters is 1. The maximum absolute atomic E-state index is 12.1. The van der Waals surface area contributed by atoms with Crippen LogP contribution in [0.3, 0.4) is 0 Å². The molecule has 0 unspecified atom stereocenters. The maximum Gasteiger partial charge on any atom is 0.389 e. The zero-order chi connectivity index (χ0) is 15.8. The normalized spacial score (nSPS) is 9.95. The quantitative estimate of drug-likeness (QED) is 0.297. The van der Waals surface area contributed by atoms with Crippen LogP contribution in [-0.2, 0) is 20.9 Å². The summed E-state index contributed by atoms with van der Waals surface area (Å²) in [6.07, 6.45) is 2.80. The summed E-state index contributed by atoms with van der Waals surface area (Å²) < 4.78 is 5.92. The van der Waals surface area contributed by atoms with E-state index >= 15 is 0 Å². The van der Waals surface area contributed by atoms with Gasteiger partial charge in [-0.2, -0.15) is 4.68 Å². The zero-order valence-electron chi connectivity index (χ0n) is 11.6. The Hall–Kier alpha value is -2.71. The van der Waals surface area contributed by atoms with E-state index in [1.165, 1.54) is 23.2 Å². The molecule has 0 aliphatic rings. The Kier molecular flexibility index (Phi) is 6.05. The van der Waals surface area contributed by atoms with Crippen molar-refractivity contribution in [1.82, 2.24) is 14.7 Å². The molecule has 0 aromatic carbocycles. The number of ether oxygens (including phenoxy) is 1. The molecule has 114 valence electrons. The van der Waals surface area contributed by atoms with E-state index < -0.39 is 16.8 Å². The summed E-state index contributed by atoms with van der Waals surface area (Å²) in [5.74, 6) is -1.29. The molecule has 0 fully saturated rings. The molecule has 0 N–H and O–H groups in total. The van der Waals surface area contributed by atoms with Crippen molar-refractivity contribution in [3.63, 3.8) is 0 Å². The summed E-state index contributed by atoms with van der Waals surface area (Å²) >= 11 is 0. The number of nitrogens with zero attached hydrogens (tertiary/aromatic N) is 4. The zero-order valence-corrected chi connectivity index (χ0v) is 11.6. The number of rotatable bonds is 8. The molecular formula is C12H16N4O5. The van der Waals surface area contributed by atoms with E-state index in [1.54, 1.807) is 6.92 Å². The van der Waals surface area contributed by atoms with E-state index in [0.29, 0.717) is 0 Å². The first-order valence-corrected chi connectivity index (χ1v) is 6.20. The van der Waals surface area contributed by atoms with Crippen molar-refractivity contribution in [2.24, 2.45) is 0 Å². The molecule has 0 spiro atoms. The molecule has 9 heteroatoms. The molecule has 21 heavy (non-hydrogen) atoms. The molecule has 1 aromatic heterocycles. The Morgan fingerprint density at radius 3 is 2.86 bits per heavy atom. The van der Waals surface area contributed by atoms with Gasteiger partial charge in [-0.3, -0.25) is 9.59 Å². The highest BCUT2D eigenvalue weighted by Crippen LogP contribution is 2.05. The van der Waals surface area contributed by atoms with Crippen molar-refractivity contribution in [3.8, 4) is 0 Å². The van der Waals surface area contributed by atoms with Crippen molar-refractivity contribution >= 4 is 17.7 Å². The SMILES string of the molecule is C=CCN(CC(=O)OCC)C(=O)Cn1ccc([N+](=O)[O-])n1. The predicted molar refractivity (Wildman–Crippen MR) is 72.3 cm³/mol. The second-order valence-corrected chi connectivity index (χ2v) is 4.00. The fourth-order valence-electron chi connectivity index (χ4n) is 1.55. The second-order valence-electron chi connectivity index (χ2n) is 4.00. The molecule has 1 amide bonds. The average molecular weight is 296 g/mol. The van der Waals surface area contributed by atoms with E-state index in [0.717, 1.165) is 4.68 Å². The van der Waals surface area contributed by atoms with E-state index in [9.17, 15) is 19.7 Å². The van der Waals surface area contributed by atoms with Gasteiger partial charge in [-0.1, -0.05) is 6.08 Å². The smallest absolute Gasteiger partial charge is 0.389 e. The van der Waals surface area contributed by atoms with Crippen LogP contribution < -0.4 is 0 Å². The molecular weight excluding hydrogens is 280 g/mol. The summed E-state index contributed by atoms with van der Waals surface area (Å²) in [7, 11) is 0. The second kappa shape index (κ2) is 7.78. The molecule has 0 aliphatic carbocycles. The highest BCUT2D eigenvalue weighted by atomic mass is 16.6. The van der Waals surface area contributed by atoms with Crippen LogP contribution in [0.25, 0.3) is 0 Å². The lowest BCUT2D eigenvalue weighted by molar-refractivity contribution is -0.389. The third kappa shape index (κ3) is 5.05. The minimum absolute atomic E-state index is 0.168. The lowest BCUT2D eigenvalue weighted by atomic mass is 10.4. The van der Waals surface area contributed by atoms with Gasteiger partial charge < -0.3 is 19.8 Å². The van der Waals surface area contributed by atoms with Crippen LogP contribution in [0.2, 0.25) is 0 Å². The van der Waals surface area contributed by atoms with Gasteiger partial charge in [-0.15, -0.1) is 6.58 Å². The maximum atomic E-state index is 12.1. The van der Waals surface area contributed by atoms with Crippen LogP contribution in [-0.4, -0.2) is 51.2 Å². The molecule has 0 aliphatic heterocycles. The summed E-state index contributed by atoms with van der Waals surface area (Å²) in [4.78, 5) is 34.6. The van der Waals surface area contributed by atoms with Gasteiger partial charge in [0, 0.05) is 6.54 Å². The first kappa shape index (κ1) is 16.3. The van der Waals surface area contributed by atoms with Crippen LogP contribution in [0.15, 0.2) is 24.9 Å². The Morgan fingerprint density at radius 1 is 1.62 bits per heavy atom. The minimum atomic E-state index is -0.652. The molecule has 0 atom stereocenters. The van der Waals surface area contributed by atoms with Crippen LogP contribution in [0, 0.1) is 10.1 Å². The average Bonchev–Trinajstić information content (AvgIpc) is 2.87. The lowest BCUT2D eigenvalue weighted by Crippen LogP contribution is -2.38. The molecule has 9 nitrogen and oxygen atoms in total. The van der Waals surface area contributed by atoms with Crippen molar-refractivity contribution < 1.29 is 19.2 Å². The van der Waals surface area contributed by atoms with Crippen LogP contribution >= 0.6 is 0 Å². The van der Waals surface area contributed by atoms with E-state index in [2.05, 4.69) is 11.7 Å². The molecule has 1 aromatic rings. The molecule has 0 bridgehead atoms. The highest BCUT2D eigenvalue weighted by Gasteiger charge is 2.20. The van der Waals surface area contributed by atoms with E-state index in [4.69, 9.17) is 4.74 Å². The Balaban J connectivity index is 2.69. The van der Waals surface area contributed by atoms with Gasteiger partial charge in [0.15, 0.2) is 0 Å². The van der Waals surface area contributed by atoms with Crippen molar-refractivity contribution in [2.45, 2.75) is 13.5 Å². The van der Waals surface area contributed by atoms with Gasteiger partial charge in [0.1, 0.15) is 13.1 Å². The summed E-state index contributed by atoms with van der Waals surface area (Å²) in [5.41, 5.74) is 0. The van der Waals surface area contributed by atoms with Gasteiger partial charge in [0.05, 0.1) is 24.0 Å². The van der Waals surface area contributed by atoms with E-state index in [1.807, 2.05) is 0 Å². The Labute approximate surface area is 120 Å². The van der Waals surface area contributed by atoms with Gasteiger partial charge in [-0.05, 0) is 11.8 Å². The van der Waals surface area contributed by atoms with Crippen LogP contribution in [0.1, 0.15) is 6.92 Å². The standard InChI is InChI=1S/C12H16N4O5/c1-3-6-14(9-12(18)21-4-2)11(17)8-15-7-5-10(13-15)16(19)20/h3,5,7H,1,4,6,8-9H2,2H3. The van der Waals surface area contributed by atoms with Crippen molar-refractivity contribution in [2.75, 3.05) is 19.7 Å². The molecule has 0 radical (unpaired) electrons. The lowest BCUT2D eigenvalue weighted by Gasteiger charge is -2.19. The number of hydrogen-bond donors (Lipinski definition) is 0. The van der Waals surface area contributed by atoms with Gasteiger partial charge in [0.25, 0.3) is 0 Å². The highest BCUT2D eigenvalue weighted by molar-refractivity contribution is 5.82. The summed E-state index contributed by atoms with van der Waals surface area (Å²) in [6, 6.07) is 1.19. The third-order valence-electron chi connectivity index (χ3n) is 2.44. The fourth-order valence-corrected chi connectivity index (χ4v) is 1.55. The first-order valence-electron chi connectivity index (χ1n) is 6.20. The number of amides is 1. The van der Waals surface area contributed by atoms with Crippen molar-refractivity contribution in [1.29, 1.82) is 0 Å². The summed E-state index contributed by atoms with van der Waals surface area (Å²) in [6.45, 7) is 5.16. The van der Waals surface area contributed by atoms with Gasteiger partial charge >= 0.3 is 11.8 Å². The predicted octanol–water partition coefficient (Wildman–Crippen LogP) is 0.369. The van der Waals surface area contributed by atoms with E-state index in [-0.39, 0.29) is 32.1 Å². The number of carbonyl (C=O) groups is 2. The van der Waals surface area contributed by atoms with Crippen LogP contribution in [0.5, 0.6) is 0 Å². The Morgan fingerprint density at radius 2 is 2.33 bits per heavy atom. The van der Waals surface area contributed by atoms with Gasteiger partial charge in [0.2, 0.25) is 5.91 Å². The third-order valence-corrected chi connectivity index (χ3v) is 2.44. The number of aromatic nitrogens is 2. The number of hydrogen-bond acceptors (Lipinski definition) is 6. The molecule has 1 rings (SSSR count). The fraction of sp³-hybridized carbons (Fsp3) is 0.417. The first-order chi connectivity index (χ1) is 9.97. The molecule has 0 saturated carbocycles. The topological polar surface area (TPSA) is 108 Å². The monoisotopic (exact) mass is 296 g/mol. The number of nitro groups is 1. The minimum Gasteiger partial charge on any atom is -0.465 e. The molecule has 1 heterocycles. The van der Waals surface area contributed by atoms with Crippen LogP contribution in [0.4, 0.5) is 5.82 Å². The summed E-state index contributed by atoms with van der Waals surface area (Å²) in [5, 5.41) is 14.1. The Bertz CT molecular complexity index is 540. The largest absolute Gasteiger partial charge is 0.465 e. The number of carbonyl (C=O) groups excluding carboxylic acids is 2. The molecule has 0 saturated heterocycles. The van der Waals surface area contributed by atoms with Gasteiger partial charge in [-0.25, -0.2) is 0 Å². The van der Waals surface area contributed by atoms with Crippen molar-refractivity contribution in [3.05, 3.63) is 35.0 Å².